The summed E-state index contributed by atoms with van der Waals surface area (Å²) in [7, 11) is 1.74. The molecule has 2 rings (SSSR count). The summed E-state index contributed by atoms with van der Waals surface area (Å²) in [5.41, 5.74) is 5.63. The van der Waals surface area contributed by atoms with Crippen molar-refractivity contribution in [3.63, 3.8) is 0 Å². The van der Waals surface area contributed by atoms with Crippen molar-refractivity contribution in [3.8, 4) is 5.75 Å². The van der Waals surface area contributed by atoms with Crippen LogP contribution in [0.15, 0.2) is 18.2 Å². The van der Waals surface area contributed by atoms with Gasteiger partial charge in [-0.25, -0.2) is 0 Å². The molecule has 0 spiro atoms. The van der Waals surface area contributed by atoms with E-state index in [4.69, 9.17) is 10.6 Å². The van der Waals surface area contributed by atoms with Crippen LogP contribution in [0.4, 0.5) is 0 Å². The Hall–Kier alpha value is -1.06. The van der Waals surface area contributed by atoms with Gasteiger partial charge in [-0.1, -0.05) is 49.8 Å². The third-order valence-electron chi connectivity index (χ3n) is 4.81. The lowest BCUT2D eigenvalue weighted by Gasteiger charge is -2.29. The Morgan fingerprint density at radius 1 is 1.19 bits per heavy atom. The van der Waals surface area contributed by atoms with Crippen molar-refractivity contribution < 1.29 is 4.74 Å². The Kier molecular flexibility index (Phi) is 6.52. The minimum atomic E-state index is 0.346. The molecule has 3 nitrogen and oxygen atoms in total. The Morgan fingerprint density at radius 2 is 1.86 bits per heavy atom. The Balaban J connectivity index is 2.08. The Labute approximate surface area is 129 Å². The highest BCUT2D eigenvalue weighted by Gasteiger charge is 2.22. The van der Waals surface area contributed by atoms with Crippen LogP contribution in [0.1, 0.15) is 56.1 Å². The zero-order valence-electron chi connectivity index (χ0n) is 13.5. The molecular formula is C18H30N2O. The van der Waals surface area contributed by atoms with Crippen molar-refractivity contribution in [1.82, 2.24) is 5.43 Å². The number of hydrogen-bond donors (Lipinski definition) is 2. The largest absolute Gasteiger partial charge is 0.496 e. The first-order chi connectivity index (χ1) is 10.2. The number of hydrogen-bond acceptors (Lipinski definition) is 3. The van der Waals surface area contributed by atoms with Gasteiger partial charge in [-0.15, -0.1) is 0 Å². The molecule has 0 amide bonds. The number of methoxy groups -OCH3 is 1. The van der Waals surface area contributed by atoms with E-state index in [-0.39, 0.29) is 0 Å². The van der Waals surface area contributed by atoms with Gasteiger partial charge in [-0.05, 0) is 43.7 Å². The van der Waals surface area contributed by atoms with Crippen LogP contribution >= 0.6 is 0 Å². The summed E-state index contributed by atoms with van der Waals surface area (Å²) in [6, 6.07) is 6.74. The fraction of sp³-hybridized carbons (Fsp3) is 0.667. The number of hydrazine groups is 1. The quantitative estimate of drug-likeness (QED) is 0.641. The van der Waals surface area contributed by atoms with Gasteiger partial charge < -0.3 is 4.74 Å². The number of rotatable bonds is 5. The van der Waals surface area contributed by atoms with Gasteiger partial charge in [0.05, 0.1) is 7.11 Å². The molecule has 3 heteroatoms. The third-order valence-corrected chi connectivity index (χ3v) is 4.81. The van der Waals surface area contributed by atoms with E-state index < -0.39 is 0 Å². The summed E-state index contributed by atoms with van der Waals surface area (Å²) >= 11 is 0. The second-order valence-corrected chi connectivity index (χ2v) is 6.40. The molecule has 1 aliphatic carbocycles. The van der Waals surface area contributed by atoms with Gasteiger partial charge in [-0.2, -0.15) is 0 Å². The summed E-state index contributed by atoms with van der Waals surface area (Å²) in [5, 5.41) is 0. The molecule has 0 radical (unpaired) electrons. The molecule has 3 N–H and O–H groups in total. The van der Waals surface area contributed by atoms with Gasteiger partial charge in [0.15, 0.2) is 0 Å². The van der Waals surface area contributed by atoms with Crippen molar-refractivity contribution in [1.29, 1.82) is 0 Å². The van der Waals surface area contributed by atoms with E-state index in [2.05, 4.69) is 30.5 Å². The van der Waals surface area contributed by atoms with Crippen molar-refractivity contribution in [2.75, 3.05) is 7.11 Å². The second-order valence-electron chi connectivity index (χ2n) is 6.40. The maximum atomic E-state index is 5.88. The molecule has 1 aliphatic rings. The zero-order valence-corrected chi connectivity index (χ0v) is 13.5. The number of aryl methyl sites for hydroxylation is 1. The average Bonchev–Trinajstić information content (AvgIpc) is 2.45. The number of ether oxygens (including phenoxy) is 1. The first-order valence-corrected chi connectivity index (χ1v) is 8.34. The van der Waals surface area contributed by atoms with Crippen LogP contribution in [-0.2, 0) is 6.42 Å². The monoisotopic (exact) mass is 290 g/mol. The van der Waals surface area contributed by atoms with Crippen LogP contribution in [-0.4, -0.2) is 13.2 Å². The number of nitrogens with two attached hydrogens (primary N) is 1. The van der Waals surface area contributed by atoms with Gasteiger partial charge in [0.1, 0.15) is 5.75 Å². The van der Waals surface area contributed by atoms with Crippen LogP contribution in [0.3, 0.4) is 0 Å². The lowest BCUT2D eigenvalue weighted by Crippen LogP contribution is -2.42. The van der Waals surface area contributed by atoms with E-state index in [0.29, 0.717) is 12.0 Å². The minimum absolute atomic E-state index is 0.346. The standard InChI is InChI=1S/C18H30N2O/c1-14-10-11-18(21-2)16(12-14)13-17(20-19)15-8-6-4-3-5-7-9-15/h10-12,15,17,20H,3-9,13,19H2,1-2H3. The Morgan fingerprint density at radius 3 is 2.48 bits per heavy atom. The van der Waals surface area contributed by atoms with Crippen LogP contribution in [0.2, 0.25) is 0 Å². The van der Waals surface area contributed by atoms with Crippen LogP contribution in [0, 0.1) is 12.8 Å². The van der Waals surface area contributed by atoms with Crippen molar-refractivity contribution in [3.05, 3.63) is 29.3 Å². The maximum Gasteiger partial charge on any atom is 0.122 e. The molecule has 1 atom stereocenters. The summed E-state index contributed by atoms with van der Waals surface area (Å²) < 4.78 is 5.51. The summed E-state index contributed by atoms with van der Waals surface area (Å²) in [6.07, 6.45) is 10.4. The van der Waals surface area contributed by atoms with Gasteiger partial charge in [0.2, 0.25) is 0 Å². The van der Waals surface area contributed by atoms with Crippen molar-refractivity contribution in [2.45, 2.75) is 64.3 Å². The number of benzene rings is 1. The molecule has 0 bridgehead atoms. The second kappa shape index (κ2) is 8.40. The van der Waals surface area contributed by atoms with Gasteiger partial charge in [-0.3, -0.25) is 11.3 Å². The van der Waals surface area contributed by atoms with Crippen LogP contribution < -0.4 is 16.0 Å². The van der Waals surface area contributed by atoms with E-state index in [1.165, 1.54) is 56.1 Å². The van der Waals surface area contributed by atoms with E-state index in [1.807, 2.05) is 0 Å². The first-order valence-electron chi connectivity index (χ1n) is 8.34. The summed E-state index contributed by atoms with van der Waals surface area (Å²) in [6.45, 7) is 2.13. The lowest BCUT2D eigenvalue weighted by atomic mass is 9.83. The van der Waals surface area contributed by atoms with Crippen molar-refractivity contribution >= 4 is 0 Å². The molecular weight excluding hydrogens is 260 g/mol. The molecule has 0 aliphatic heterocycles. The van der Waals surface area contributed by atoms with E-state index in [9.17, 15) is 0 Å². The highest BCUT2D eigenvalue weighted by molar-refractivity contribution is 5.37. The maximum absolute atomic E-state index is 5.88. The van der Waals surface area contributed by atoms with Gasteiger partial charge in [0, 0.05) is 6.04 Å². The first kappa shape index (κ1) is 16.3. The van der Waals surface area contributed by atoms with Crippen LogP contribution in [0.25, 0.3) is 0 Å². The minimum Gasteiger partial charge on any atom is -0.496 e. The smallest absolute Gasteiger partial charge is 0.122 e. The molecule has 0 aromatic heterocycles. The molecule has 1 unspecified atom stereocenters. The predicted octanol–water partition coefficient (Wildman–Crippen LogP) is 3.74. The lowest BCUT2D eigenvalue weighted by molar-refractivity contribution is 0.283. The topological polar surface area (TPSA) is 47.3 Å². The molecule has 1 aromatic carbocycles. The van der Waals surface area contributed by atoms with Crippen LogP contribution in [0.5, 0.6) is 5.75 Å². The van der Waals surface area contributed by atoms with E-state index >= 15 is 0 Å². The third kappa shape index (κ3) is 4.72. The molecule has 21 heavy (non-hydrogen) atoms. The van der Waals surface area contributed by atoms with Gasteiger partial charge in [0.25, 0.3) is 0 Å². The average molecular weight is 290 g/mol. The number of nitrogens with one attached hydrogen (secondary N) is 1. The molecule has 0 saturated heterocycles. The van der Waals surface area contributed by atoms with E-state index in [0.717, 1.165) is 12.2 Å². The summed E-state index contributed by atoms with van der Waals surface area (Å²) in [4.78, 5) is 0. The predicted molar refractivity (Wildman–Crippen MR) is 88.4 cm³/mol. The normalized spacial score (nSPS) is 18.8. The Bertz CT molecular complexity index is 425. The highest BCUT2D eigenvalue weighted by Crippen LogP contribution is 2.28. The molecule has 1 saturated carbocycles. The molecule has 0 heterocycles. The van der Waals surface area contributed by atoms with Crippen molar-refractivity contribution in [2.24, 2.45) is 11.8 Å². The highest BCUT2D eigenvalue weighted by atomic mass is 16.5. The van der Waals surface area contributed by atoms with Gasteiger partial charge >= 0.3 is 0 Å². The molecule has 1 aromatic rings. The zero-order chi connectivity index (χ0) is 15.1. The van der Waals surface area contributed by atoms with E-state index in [1.54, 1.807) is 7.11 Å². The fourth-order valence-corrected chi connectivity index (χ4v) is 3.56. The summed E-state index contributed by atoms with van der Waals surface area (Å²) in [5.74, 6) is 7.54. The SMILES string of the molecule is COc1ccc(C)cc1CC(NN)C1CCCCCCC1. The fourth-order valence-electron chi connectivity index (χ4n) is 3.56. The molecule has 1 fully saturated rings. The molecule has 118 valence electrons.